The van der Waals surface area contributed by atoms with Crippen molar-refractivity contribution in [2.24, 2.45) is 11.7 Å². The molecule has 7 nitrogen and oxygen atoms in total. The minimum atomic E-state index is -0.801. The highest BCUT2D eigenvalue weighted by molar-refractivity contribution is 5.78. The molecule has 0 fully saturated rings. The van der Waals surface area contributed by atoms with Crippen LogP contribution in [-0.2, 0) is 22.4 Å². The van der Waals surface area contributed by atoms with Crippen LogP contribution in [0.25, 0.3) is 11.1 Å². The molecule has 0 spiro atoms. The minimum absolute atomic E-state index is 0.116. The average Bonchev–Trinajstić information content (AvgIpc) is 2.85. The summed E-state index contributed by atoms with van der Waals surface area (Å²) in [6.45, 7) is 8.60. The van der Waals surface area contributed by atoms with Crippen LogP contribution >= 0.6 is 0 Å². The molecule has 0 aliphatic heterocycles. The second kappa shape index (κ2) is 15.0. The van der Waals surface area contributed by atoms with Crippen LogP contribution in [0.1, 0.15) is 55.0 Å². The van der Waals surface area contributed by atoms with Crippen molar-refractivity contribution in [2.45, 2.75) is 59.4 Å². The fraction of sp³-hybridized carbons (Fsp3) is 0.387. The Kier molecular flexibility index (Phi) is 12.1. The topological polar surface area (TPSA) is 114 Å². The summed E-state index contributed by atoms with van der Waals surface area (Å²) in [7, 11) is 1.88. The average molecular weight is 538 g/mol. The van der Waals surface area contributed by atoms with E-state index in [1.165, 1.54) is 22.8 Å². The van der Waals surface area contributed by atoms with Gasteiger partial charge in [-0.2, -0.15) is 0 Å². The third-order valence-corrected chi connectivity index (χ3v) is 6.36. The number of pyridine rings is 1. The van der Waals surface area contributed by atoms with Crippen LogP contribution in [0.3, 0.4) is 0 Å². The standard InChI is InChI=1S/C17H17FO2.C14H23N3O2/c1-11-8-15(18)9-12(2)17(11)14-5-3-4-13(10-14)6-7-16(19)20;1-10(2)8-12(14(15)19)17-9-11(6-7-16-3)4-5-13(17)18/h3-5,8-10H,6-7H2,1-2H3,(H,19,20);4-5,9-10,12,16H,6-8H2,1-3H3,(H2,15,19). The Bertz CT molecular complexity index is 1310. The molecular weight excluding hydrogens is 497 g/mol. The highest BCUT2D eigenvalue weighted by atomic mass is 19.1. The van der Waals surface area contributed by atoms with E-state index in [0.717, 1.165) is 46.3 Å². The summed E-state index contributed by atoms with van der Waals surface area (Å²) in [6, 6.07) is 13.5. The van der Waals surface area contributed by atoms with Gasteiger partial charge >= 0.3 is 5.97 Å². The molecular formula is C31H40FN3O4. The van der Waals surface area contributed by atoms with E-state index in [0.29, 0.717) is 18.8 Å². The molecule has 1 heterocycles. The third kappa shape index (κ3) is 9.80. The SMILES string of the molecule is CNCCc1ccc(=O)n(C(CC(C)C)C(N)=O)c1.Cc1cc(F)cc(C)c1-c1cccc(CCC(=O)O)c1. The molecule has 3 rings (SSSR count). The monoisotopic (exact) mass is 537 g/mol. The number of carboxylic acids is 1. The number of rotatable bonds is 11. The van der Waals surface area contributed by atoms with Gasteiger partial charge in [0.15, 0.2) is 0 Å². The van der Waals surface area contributed by atoms with Gasteiger partial charge in [0.2, 0.25) is 5.91 Å². The number of primary amides is 1. The van der Waals surface area contributed by atoms with Crippen LogP contribution in [0.15, 0.2) is 59.5 Å². The van der Waals surface area contributed by atoms with Crippen LogP contribution < -0.4 is 16.6 Å². The molecule has 8 heteroatoms. The van der Waals surface area contributed by atoms with Crippen molar-refractivity contribution in [3.05, 3.63) is 93.2 Å². The fourth-order valence-electron chi connectivity index (χ4n) is 4.52. The zero-order valence-corrected chi connectivity index (χ0v) is 23.5. The molecule has 0 bridgehead atoms. The number of hydrogen-bond acceptors (Lipinski definition) is 4. The predicted octanol–water partition coefficient (Wildman–Crippen LogP) is 4.81. The first-order valence-corrected chi connectivity index (χ1v) is 13.2. The minimum Gasteiger partial charge on any atom is -0.481 e. The maximum Gasteiger partial charge on any atom is 0.303 e. The lowest BCUT2D eigenvalue weighted by molar-refractivity contribution is -0.137. The lowest BCUT2D eigenvalue weighted by Gasteiger charge is -2.19. The Balaban J connectivity index is 0.000000274. The number of aromatic nitrogens is 1. The van der Waals surface area contributed by atoms with Crippen LogP contribution in [0.4, 0.5) is 4.39 Å². The van der Waals surface area contributed by atoms with Crippen molar-refractivity contribution >= 4 is 11.9 Å². The summed E-state index contributed by atoms with van der Waals surface area (Å²) in [5, 5.41) is 11.8. The highest BCUT2D eigenvalue weighted by Gasteiger charge is 2.20. The fourth-order valence-corrected chi connectivity index (χ4v) is 4.52. The molecule has 1 amide bonds. The molecule has 2 aromatic carbocycles. The normalized spacial score (nSPS) is 11.6. The summed E-state index contributed by atoms with van der Waals surface area (Å²) in [6.07, 6.45) is 3.75. The second-order valence-corrected chi connectivity index (χ2v) is 10.2. The Labute approximate surface area is 229 Å². The zero-order chi connectivity index (χ0) is 29.1. The number of benzene rings is 2. The summed E-state index contributed by atoms with van der Waals surface area (Å²) in [5.74, 6) is -1.19. The molecule has 3 aromatic rings. The molecule has 4 N–H and O–H groups in total. The molecule has 0 saturated carbocycles. The Morgan fingerprint density at radius 1 is 1.03 bits per heavy atom. The van der Waals surface area contributed by atoms with E-state index >= 15 is 0 Å². The molecule has 0 radical (unpaired) electrons. The molecule has 39 heavy (non-hydrogen) atoms. The van der Waals surface area contributed by atoms with Gasteiger partial charge in [0.25, 0.3) is 5.56 Å². The number of aliphatic carboxylic acids is 1. The molecule has 0 aliphatic rings. The maximum atomic E-state index is 13.3. The number of carboxylic acid groups (broad SMARTS) is 1. The number of carbonyl (C=O) groups excluding carboxylic acids is 1. The van der Waals surface area contributed by atoms with Gasteiger partial charge in [0.05, 0.1) is 0 Å². The Morgan fingerprint density at radius 2 is 1.69 bits per heavy atom. The number of hydrogen-bond donors (Lipinski definition) is 3. The third-order valence-electron chi connectivity index (χ3n) is 6.36. The van der Waals surface area contributed by atoms with E-state index in [-0.39, 0.29) is 17.8 Å². The van der Waals surface area contributed by atoms with E-state index in [2.05, 4.69) is 5.32 Å². The molecule has 0 aliphatic carbocycles. The van der Waals surface area contributed by atoms with Gasteiger partial charge in [-0.1, -0.05) is 44.2 Å². The molecule has 1 atom stereocenters. The first kappa shape index (κ1) is 31.4. The first-order chi connectivity index (χ1) is 18.4. The van der Waals surface area contributed by atoms with Gasteiger partial charge in [-0.3, -0.25) is 14.4 Å². The quantitative estimate of drug-likeness (QED) is 0.325. The van der Waals surface area contributed by atoms with Crippen molar-refractivity contribution in [1.82, 2.24) is 9.88 Å². The molecule has 1 aromatic heterocycles. The first-order valence-electron chi connectivity index (χ1n) is 13.2. The van der Waals surface area contributed by atoms with Crippen LogP contribution in [0.2, 0.25) is 0 Å². The van der Waals surface area contributed by atoms with E-state index in [4.69, 9.17) is 10.8 Å². The van der Waals surface area contributed by atoms with Crippen molar-refractivity contribution in [3.63, 3.8) is 0 Å². The van der Waals surface area contributed by atoms with E-state index in [1.807, 2.05) is 59.0 Å². The molecule has 0 saturated heterocycles. The van der Waals surface area contributed by atoms with Crippen LogP contribution in [-0.4, -0.2) is 35.1 Å². The number of nitrogens with one attached hydrogen (secondary N) is 1. The lowest BCUT2D eigenvalue weighted by Crippen LogP contribution is -2.34. The van der Waals surface area contributed by atoms with Gasteiger partial charge < -0.3 is 20.7 Å². The molecule has 1 unspecified atom stereocenters. The van der Waals surface area contributed by atoms with Gasteiger partial charge in [0, 0.05) is 18.7 Å². The number of halogens is 1. The largest absolute Gasteiger partial charge is 0.481 e. The number of amides is 1. The number of aryl methyl sites for hydroxylation is 3. The Hall–Kier alpha value is -3.78. The summed E-state index contributed by atoms with van der Waals surface area (Å²) in [4.78, 5) is 34.1. The van der Waals surface area contributed by atoms with E-state index in [9.17, 15) is 18.8 Å². The van der Waals surface area contributed by atoms with Gasteiger partial charge in [0.1, 0.15) is 11.9 Å². The van der Waals surface area contributed by atoms with E-state index < -0.39 is 17.9 Å². The number of likely N-dealkylation sites (N-methyl/N-ethyl adjacent to an activating group) is 1. The molecule has 210 valence electrons. The second-order valence-electron chi connectivity index (χ2n) is 10.2. The summed E-state index contributed by atoms with van der Waals surface area (Å²) < 4.78 is 14.8. The maximum absolute atomic E-state index is 13.3. The summed E-state index contributed by atoms with van der Waals surface area (Å²) in [5.41, 5.74) is 11.0. The smallest absolute Gasteiger partial charge is 0.303 e. The number of nitrogens with zero attached hydrogens (tertiary/aromatic N) is 1. The van der Waals surface area contributed by atoms with Crippen molar-refractivity contribution < 1.29 is 19.1 Å². The number of carbonyl (C=O) groups is 2. The summed E-state index contributed by atoms with van der Waals surface area (Å²) >= 11 is 0. The van der Waals surface area contributed by atoms with Crippen molar-refractivity contribution in [1.29, 1.82) is 0 Å². The van der Waals surface area contributed by atoms with Gasteiger partial charge in [-0.05, 0) is 98.1 Å². The van der Waals surface area contributed by atoms with Crippen molar-refractivity contribution in [3.8, 4) is 11.1 Å². The highest BCUT2D eigenvalue weighted by Crippen LogP contribution is 2.29. The van der Waals surface area contributed by atoms with E-state index in [1.54, 1.807) is 12.3 Å². The van der Waals surface area contributed by atoms with Gasteiger partial charge in [-0.25, -0.2) is 4.39 Å². The van der Waals surface area contributed by atoms with Crippen LogP contribution in [0, 0.1) is 25.6 Å². The lowest BCUT2D eigenvalue weighted by atomic mass is 9.94. The Morgan fingerprint density at radius 3 is 2.26 bits per heavy atom. The number of nitrogens with two attached hydrogens (primary N) is 1. The van der Waals surface area contributed by atoms with Crippen molar-refractivity contribution in [2.75, 3.05) is 13.6 Å². The predicted molar refractivity (Wildman–Crippen MR) is 153 cm³/mol. The zero-order valence-electron chi connectivity index (χ0n) is 23.5. The van der Waals surface area contributed by atoms with Crippen LogP contribution in [0.5, 0.6) is 0 Å². The van der Waals surface area contributed by atoms with Gasteiger partial charge in [-0.15, -0.1) is 0 Å².